The summed E-state index contributed by atoms with van der Waals surface area (Å²) in [6, 6.07) is 8.79. The van der Waals surface area contributed by atoms with E-state index in [1.165, 1.54) is 11.3 Å². The van der Waals surface area contributed by atoms with E-state index in [0.29, 0.717) is 22.9 Å². The quantitative estimate of drug-likeness (QED) is 0.727. The summed E-state index contributed by atoms with van der Waals surface area (Å²) in [6.45, 7) is 2.46. The highest BCUT2D eigenvalue weighted by molar-refractivity contribution is 7.20. The molecule has 2 N–H and O–H groups in total. The second-order valence-corrected chi connectivity index (χ2v) is 8.13. The summed E-state index contributed by atoms with van der Waals surface area (Å²) in [5.41, 5.74) is 7.11. The standard InChI is InChI=1S/C19H19ClN4O2S/c1-11-12-10-16(18(26)23-9-5-4-8-15(23)17(21)25)27-19(12)24(22-11)14-7-3-2-6-13(14)20/h2-3,6-7,10,15H,4-5,8-9H2,1H3,(H2,21,25). The molecule has 0 bridgehead atoms. The van der Waals surface area contributed by atoms with Gasteiger partial charge in [0.1, 0.15) is 10.9 Å². The summed E-state index contributed by atoms with van der Waals surface area (Å²) >= 11 is 7.69. The third-order valence-electron chi connectivity index (χ3n) is 4.93. The van der Waals surface area contributed by atoms with Crippen LogP contribution >= 0.6 is 22.9 Å². The number of nitrogens with two attached hydrogens (primary N) is 1. The highest BCUT2D eigenvalue weighted by Crippen LogP contribution is 2.33. The first kappa shape index (κ1) is 18.0. The molecule has 0 saturated carbocycles. The van der Waals surface area contributed by atoms with Gasteiger partial charge in [0, 0.05) is 11.9 Å². The molecule has 1 aromatic carbocycles. The lowest BCUT2D eigenvalue weighted by atomic mass is 10.0. The molecule has 3 aromatic rings. The van der Waals surface area contributed by atoms with Crippen LogP contribution in [0.1, 0.15) is 34.6 Å². The van der Waals surface area contributed by atoms with Crippen molar-refractivity contribution < 1.29 is 9.59 Å². The lowest BCUT2D eigenvalue weighted by Gasteiger charge is -2.33. The molecule has 1 fully saturated rings. The largest absolute Gasteiger partial charge is 0.368 e. The van der Waals surface area contributed by atoms with E-state index in [2.05, 4.69) is 5.10 Å². The number of fused-ring (bicyclic) bond motifs is 1. The fraction of sp³-hybridized carbons (Fsp3) is 0.316. The zero-order valence-corrected chi connectivity index (χ0v) is 16.4. The van der Waals surface area contributed by atoms with Gasteiger partial charge in [-0.1, -0.05) is 23.7 Å². The molecule has 2 aromatic heterocycles. The highest BCUT2D eigenvalue weighted by atomic mass is 35.5. The van der Waals surface area contributed by atoms with Gasteiger partial charge >= 0.3 is 0 Å². The number of rotatable bonds is 3. The Hall–Kier alpha value is -2.38. The molecule has 6 nitrogen and oxygen atoms in total. The SMILES string of the molecule is Cc1nn(-c2ccccc2Cl)c2sc(C(=O)N3CCCCC3C(N)=O)cc12. The van der Waals surface area contributed by atoms with Crippen LogP contribution in [0, 0.1) is 6.92 Å². The van der Waals surface area contributed by atoms with Crippen molar-refractivity contribution in [3.8, 4) is 5.69 Å². The van der Waals surface area contributed by atoms with Gasteiger partial charge in [0.05, 0.1) is 21.3 Å². The number of hydrogen-bond acceptors (Lipinski definition) is 4. The Kier molecular flexibility index (Phi) is 4.65. The summed E-state index contributed by atoms with van der Waals surface area (Å²) in [5, 5.41) is 6.08. The Balaban J connectivity index is 1.76. The van der Waals surface area contributed by atoms with Crippen molar-refractivity contribution in [2.45, 2.75) is 32.2 Å². The smallest absolute Gasteiger partial charge is 0.264 e. The molecule has 0 spiro atoms. The van der Waals surface area contributed by atoms with E-state index in [9.17, 15) is 9.59 Å². The first-order valence-corrected chi connectivity index (χ1v) is 10.0. The highest BCUT2D eigenvalue weighted by Gasteiger charge is 2.32. The summed E-state index contributed by atoms with van der Waals surface area (Å²) in [6.07, 6.45) is 2.41. The molecule has 1 saturated heterocycles. The van der Waals surface area contributed by atoms with Crippen LogP contribution in [0.25, 0.3) is 15.9 Å². The molecule has 27 heavy (non-hydrogen) atoms. The zero-order valence-electron chi connectivity index (χ0n) is 14.8. The molecule has 0 aliphatic carbocycles. The van der Waals surface area contributed by atoms with Crippen LogP contribution in [0.15, 0.2) is 30.3 Å². The maximum Gasteiger partial charge on any atom is 0.264 e. The van der Waals surface area contributed by atoms with Crippen LogP contribution in [-0.4, -0.2) is 39.1 Å². The second-order valence-electron chi connectivity index (χ2n) is 6.69. The Morgan fingerprint density at radius 1 is 1.30 bits per heavy atom. The molecule has 4 rings (SSSR count). The van der Waals surface area contributed by atoms with Gasteiger partial charge in [0.15, 0.2) is 0 Å². The number of halogens is 1. The number of carbonyl (C=O) groups is 2. The predicted octanol–water partition coefficient (Wildman–Crippen LogP) is 3.53. The number of benzene rings is 1. The normalized spacial score (nSPS) is 17.4. The molecule has 140 valence electrons. The van der Waals surface area contributed by atoms with Gasteiger partial charge in [-0.15, -0.1) is 11.3 Å². The number of piperidine rings is 1. The third kappa shape index (κ3) is 3.11. The molecule has 1 aliphatic heterocycles. The molecular formula is C19H19ClN4O2S. The first-order valence-electron chi connectivity index (χ1n) is 8.81. The Morgan fingerprint density at radius 3 is 2.81 bits per heavy atom. The number of aryl methyl sites for hydroxylation is 1. The number of amides is 2. The number of carbonyl (C=O) groups excluding carboxylic acids is 2. The lowest BCUT2D eigenvalue weighted by molar-refractivity contribution is -0.123. The average molecular weight is 403 g/mol. The summed E-state index contributed by atoms with van der Waals surface area (Å²) in [5.74, 6) is -0.590. The monoisotopic (exact) mass is 402 g/mol. The molecule has 1 aliphatic rings. The number of nitrogens with zero attached hydrogens (tertiary/aromatic N) is 3. The maximum atomic E-state index is 13.1. The topological polar surface area (TPSA) is 81.2 Å². The van der Waals surface area contributed by atoms with Crippen molar-refractivity contribution in [2.75, 3.05) is 6.54 Å². The number of thiophene rings is 1. The Morgan fingerprint density at radius 2 is 2.07 bits per heavy atom. The van der Waals surface area contributed by atoms with Crippen molar-refractivity contribution in [1.82, 2.24) is 14.7 Å². The van der Waals surface area contributed by atoms with Crippen LogP contribution in [0.4, 0.5) is 0 Å². The minimum Gasteiger partial charge on any atom is -0.368 e. The lowest BCUT2D eigenvalue weighted by Crippen LogP contribution is -2.50. The maximum absolute atomic E-state index is 13.1. The fourth-order valence-electron chi connectivity index (χ4n) is 3.55. The summed E-state index contributed by atoms with van der Waals surface area (Å²) in [7, 11) is 0. The predicted molar refractivity (Wildman–Crippen MR) is 107 cm³/mol. The number of likely N-dealkylation sites (tertiary alicyclic amines) is 1. The second kappa shape index (κ2) is 6.98. The van der Waals surface area contributed by atoms with E-state index >= 15 is 0 Å². The minimum absolute atomic E-state index is 0.148. The van der Waals surface area contributed by atoms with Gasteiger partial charge < -0.3 is 10.6 Å². The minimum atomic E-state index is -0.530. The molecule has 3 heterocycles. The molecule has 1 unspecified atom stereocenters. The molecule has 2 amide bonds. The molecule has 1 atom stereocenters. The van der Waals surface area contributed by atoms with Crippen LogP contribution < -0.4 is 5.73 Å². The van der Waals surface area contributed by atoms with Gasteiger partial charge in [0.2, 0.25) is 5.91 Å². The van der Waals surface area contributed by atoms with Crippen molar-refractivity contribution >= 4 is 45.0 Å². The van der Waals surface area contributed by atoms with Gasteiger partial charge in [-0.05, 0) is 44.4 Å². The van der Waals surface area contributed by atoms with E-state index < -0.39 is 11.9 Å². The van der Waals surface area contributed by atoms with E-state index in [0.717, 1.165) is 34.4 Å². The van der Waals surface area contributed by atoms with Gasteiger partial charge in [-0.3, -0.25) is 9.59 Å². The number of hydrogen-bond donors (Lipinski definition) is 1. The van der Waals surface area contributed by atoms with E-state index in [1.54, 1.807) is 9.58 Å². The average Bonchev–Trinajstić information content (AvgIpc) is 3.22. The van der Waals surface area contributed by atoms with E-state index in [-0.39, 0.29) is 5.91 Å². The third-order valence-corrected chi connectivity index (χ3v) is 6.35. The number of para-hydroxylation sites is 1. The van der Waals surface area contributed by atoms with E-state index in [4.69, 9.17) is 17.3 Å². The molecule has 8 heteroatoms. The van der Waals surface area contributed by atoms with E-state index in [1.807, 2.05) is 37.3 Å². The summed E-state index contributed by atoms with van der Waals surface area (Å²) in [4.78, 5) is 27.9. The first-order chi connectivity index (χ1) is 13.0. The van der Waals surface area contributed by atoms with Gasteiger partial charge in [-0.2, -0.15) is 5.10 Å². The van der Waals surface area contributed by atoms with Crippen molar-refractivity contribution in [1.29, 1.82) is 0 Å². The number of aromatic nitrogens is 2. The molecular weight excluding hydrogens is 384 g/mol. The molecule has 0 radical (unpaired) electrons. The Bertz CT molecular complexity index is 1040. The zero-order chi connectivity index (χ0) is 19.1. The van der Waals surface area contributed by atoms with Crippen molar-refractivity contribution in [3.05, 3.63) is 45.9 Å². The van der Waals surface area contributed by atoms with Crippen LogP contribution in [-0.2, 0) is 4.79 Å². The van der Waals surface area contributed by atoms with Crippen LogP contribution in [0.5, 0.6) is 0 Å². The number of primary amides is 1. The Labute approximate surface area is 165 Å². The van der Waals surface area contributed by atoms with Crippen molar-refractivity contribution in [2.24, 2.45) is 5.73 Å². The van der Waals surface area contributed by atoms with Crippen LogP contribution in [0.3, 0.4) is 0 Å². The van der Waals surface area contributed by atoms with Crippen LogP contribution in [0.2, 0.25) is 5.02 Å². The van der Waals surface area contributed by atoms with Gasteiger partial charge in [-0.25, -0.2) is 4.68 Å². The van der Waals surface area contributed by atoms with Gasteiger partial charge in [0.25, 0.3) is 5.91 Å². The summed E-state index contributed by atoms with van der Waals surface area (Å²) < 4.78 is 1.77. The van der Waals surface area contributed by atoms with Crippen molar-refractivity contribution in [3.63, 3.8) is 0 Å². The fourth-order valence-corrected chi connectivity index (χ4v) is 4.90.